The van der Waals surface area contributed by atoms with Crippen LogP contribution in [0.2, 0.25) is 0 Å². The minimum atomic E-state index is -4.20. The SMILES string of the molecule is C=C(O/N=C(\N)c1nc(N)nc(N(C)c2ccccc2)n1)N1CCC(=CCC(F)(F)F)CC1. The van der Waals surface area contributed by atoms with E-state index in [1.54, 1.807) is 16.8 Å². The minimum Gasteiger partial charge on any atom is -0.378 e. The molecule has 1 aliphatic rings. The van der Waals surface area contributed by atoms with Crippen LogP contribution >= 0.6 is 0 Å². The van der Waals surface area contributed by atoms with Gasteiger partial charge in [-0.05, 0) is 31.6 Å². The van der Waals surface area contributed by atoms with Gasteiger partial charge in [0.15, 0.2) is 0 Å². The Balaban J connectivity index is 1.62. The van der Waals surface area contributed by atoms with Crippen molar-refractivity contribution in [3.8, 4) is 0 Å². The summed E-state index contributed by atoms with van der Waals surface area (Å²) in [6, 6.07) is 9.41. The molecule has 33 heavy (non-hydrogen) atoms. The first kappa shape index (κ1) is 23.8. The molecule has 0 amide bonds. The zero-order chi connectivity index (χ0) is 24.0. The largest absolute Gasteiger partial charge is 0.392 e. The highest BCUT2D eigenvalue weighted by Gasteiger charge is 2.26. The number of hydrogen-bond donors (Lipinski definition) is 2. The lowest BCUT2D eigenvalue weighted by Gasteiger charge is -2.29. The number of nitrogens with two attached hydrogens (primary N) is 2. The third-order valence-corrected chi connectivity index (χ3v) is 4.94. The molecule has 2 aromatic rings. The first-order valence-electron chi connectivity index (χ1n) is 10.1. The van der Waals surface area contributed by atoms with Gasteiger partial charge < -0.3 is 26.1 Å². The molecule has 12 heteroatoms. The van der Waals surface area contributed by atoms with Gasteiger partial charge in [0.05, 0.1) is 6.42 Å². The van der Waals surface area contributed by atoms with Gasteiger partial charge in [-0.15, -0.1) is 0 Å². The Morgan fingerprint density at radius 1 is 1.21 bits per heavy atom. The molecule has 1 saturated heterocycles. The van der Waals surface area contributed by atoms with Crippen molar-refractivity contribution in [3.63, 3.8) is 0 Å². The van der Waals surface area contributed by atoms with Crippen LogP contribution in [-0.2, 0) is 4.84 Å². The summed E-state index contributed by atoms with van der Waals surface area (Å²) in [4.78, 5) is 21.2. The van der Waals surface area contributed by atoms with E-state index in [0.29, 0.717) is 25.9 Å². The van der Waals surface area contributed by atoms with Crippen molar-refractivity contribution in [2.75, 3.05) is 30.8 Å². The lowest BCUT2D eigenvalue weighted by atomic mass is 10.0. The number of amidine groups is 1. The van der Waals surface area contributed by atoms with Crippen molar-refractivity contribution >= 4 is 23.4 Å². The van der Waals surface area contributed by atoms with Crippen LogP contribution in [0.5, 0.6) is 0 Å². The van der Waals surface area contributed by atoms with Gasteiger partial charge in [-0.1, -0.05) is 35.0 Å². The van der Waals surface area contributed by atoms with Crippen molar-refractivity contribution in [2.24, 2.45) is 10.9 Å². The summed E-state index contributed by atoms with van der Waals surface area (Å²) < 4.78 is 37.1. The highest BCUT2D eigenvalue weighted by atomic mass is 19.4. The van der Waals surface area contributed by atoms with Crippen LogP contribution in [0.3, 0.4) is 0 Å². The lowest BCUT2D eigenvalue weighted by molar-refractivity contribution is -0.125. The Bertz CT molecular complexity index is 1030. The highest BCUT2D eigenvalue weighted by Crippen LogP contribution is 2.25. The number of halogens is 3. The summed E-state index contributed by atoms with van der Waals surface area (Å²) in [6.07, 6.45) is -2.91. The molecular weight excluding hydrogens is 437 g/mol. The predicted molar refractivity (Wildman–Crippen MR) is 119 cm³/mol. The molecule has 3 rings (SSSR count). The highest BCUT2D eigenvalue weighted by molar-refractivity contribution is 5.94. The van der Waals surface area contributed by atoms with Crippen molar-refractivity contribution in [2.45, 2.75) is 25.4 Å². The molecule has 0 bridgehead atoms. The van der Waals surface area contributed by atoms with Gasteiger partial charge in [0.25, 0.3) is 0 Å². The fraction of sp³-hybridized carbons (Fsp3) is 0.333. The smallest absolute Gasteiger partial charge is 0.378 e. The van der Waals surface area contributed by atoms with Crippen molar-refractivity contribution < 1.29 is 18.0 Å². The van der Waals surface area contributed by atoms with E-state index >= 15 is 0 Å². The molecule has 4 N–H and O–H groups in total. The molecule has 9 nitrogen and oxygen atoms in total. The van der Waals surface area contributed by atoms with Crippen molar-refractivity contribution in [1.82, 2.24) is 19.9 Å². The fourth-order valence-corrected chi connectivity index (χ4v) is 3.12. The Morgan fingerprint density at radius 3 is 2.52 bits per heavy atom. The molecule has 0 saturated carbocycles. The van der Waals surface area contributed by atoms with Crippen molar-refractivity contribution in [1.29, 1.82) is 0 Å². The molecule has 1 aliphatic heterocycles. The lowest BCUT2D eigenvalue weighted by Crippen LogP contribution is -2.31. The Hall–Kier alpha value is -3.83. The van der Waals surface area contributed by atoms with E-state index in [-0.39, 0.29) is 29.4 Å². The van der Waals surface area contributed by atoms with Gasteiger partial charge in [-0.3, -0.25) is 0 Å². The number of oxime groups is 1. The summed E-state index contributed by atoms with van der Waals surface area (Å²) in [7, 11) is 1.77. The van der Waals surface area contributed by atoms with Crippen LogP contribution in [0, 0.1) is 0 Å². The number of aromatic nitrogens is 3. The average Bonchev–Trinajstić information content (AvgIpc) is 2.80. The van der Waals surface area contributed by atoms with Gasteiger partial charge in [0.1, 0.15) is 0 Å². The first-order chi connectivity index (χ1) is 15.6. The number of anilines is 3. The molecule has 1 aromatic heterocycles. The summed E-state index contributed by atoms with van der Waals surface area (Å²) in [5.74, 6) is 0.357. The number of para-hydroxylation sites is 1. The number of nitrogen functional groups attached to an aromatic ring is 1. The fourth-order valence-electron chi connectivity index (χ4n) is 3.12. The van der Waals surface area contributed by atoms with E-state index in [9.17, 15) is 13.2 Å². The van der Waals surface area contributed by atoms with E-state index in [2.05, 4.69) is 26.7 Å². The van der Waals surface area contributed by atoms with Gasteiger partial charge >= 0.3 is 6.18 Å². The van der Waals surface area contributed by atoms with Gasteiger partial charge in [0.2, 0.25) is 29.4 Å². The summed E-state index contributed by atoms with van der Waals surface area (Å²) in [5, 5.41) is 3.83. The molecule has 0 unspecified atom stereocenters. The number of nitrogens with zero attached hydrogens (tertiary/aromatic N) is 6. The molecule has 0 radical (unpaired) electrons. The maximum absolute atomic E-state index is 12.4. The normalized spacial score (nSPS) is 14.7. The van der Waals surface area contributed by atoms with Crippen LogP contribution in [0.25, 0.3) is 0 Å². The van der Waals surface area contributed by atoms with Gasteiger partial charge in [-0.2, -0.15) is 28.1 Å². The van der Waals surface area contributed by atoms with Gasteiger partial charge in [-0.25, -0.2) is 0 Å². The van der Waals surface area contributed by atoms with Crippen LogP contribution in [0.1, 0.15) is 25.1 Å². The molecular formula is C21H25F3N8O. The third kappa shape index (κ3) is 6.82. The number of likely N-dealkylation sites (tertiary alicyclic amines) is 1. The topological polar surface area (TPSA) is 119 Å². The van der Waals surface area contributed by atoms with E-state index in [0.717, 1.165) is 11.3 Å². The zero-order valence-corrected chi connectivity index (χ0v) is 18.1. The van der Waals surface area contributed by atoms with E-state index in [1.807, 2.05) is 30.3 Å². The number of hydrogen-bond acceptors (Lipinski definition) is 8. The quantitative estimate of drug-likeness (QED) is 0.212. The van der Waals surface area contributed by atoms with E-state index in [1.165, 1.54) is 6.08 Å². The maximum Gasteiger partial charge on any atom is 0.392 e. The number of alkyl halides is 3. The minimum absolute atomic E-state index is 0.0316. The summed E-state index contributed by atoms with van der Waals surface area (Å²) in [5.41, 5.74) is 13.4. The van der Waals surface area contributed by atoms with Crippen molar-refractivity contribution in [3.05, 3.63) is 60.3 Å². The molecule has 176 valence electrons. The van der Waals surface area contributed by atoms with Crippen LogP contribution < -0.4 is 16.4 Å². The molecule has 1 fully saturated rings. The maximum atomic E-state index is 12.4. The standard InChI is InChI=1S/C21H25F3N8O/c1-14(32-12-9-15(10-13-32)8-11-21(22,23)24)33-30-17(25)18-27-19(26)29-20(28-18)31(2)16-6-4-3-5-7-16/h3-8H,1,9-13H2,2H3,(H2,25,30)(H2,26,27,28,29). The Morgan fingerprint density at radius 2 is 1.88 bits per heavy atom. The average molecular weight is 462 g/mol. The Kier molecular flexibility index (Phi) is 7.36. The third-order valence-electron chi connectivity index (χ3n) is 4.94. The van der Waals surface area contributed by atoms with Crippen LogP contribution in [0.15, 0.2) is 59.6 Å². The van der Waals surface area contributed by atoms with E-state index in [4.69, 9.17) is 16.3 Å². The van der Waals surface area contributed by atoms with Gasteiger partial charge in [0, 0.05) is 25.8 Å². The second-order valence-corrected chi connectivity index (χ2v) is 7.34. The predicted octanol–water partition coefficient (Wildman–Crippen LogP) is 3.30. The second kappa shape index (κ2) is 10.2. The first-order valence-corrected chi connectivity index (χ1v) is 10.1. The molecule has 2 heterocycles. The zero-order valence-electron chi connectivity index (χ0n) is 18.1. The van der Waals surface area contributed by atoms with E-state index < -0.39 is 12.6 Å². The Labute approximate surface area is 189 Å². The monoisotopic (exact) mass is 462 g/mol. The van der Waals surface area contributed by atoms with Crippen LogP contribution in [-0.4, -0.2) is 52.0 Å². The molecule has 1 aromatic carbocycles. The summed E-state index contributed by atoms with van der Waals surface area (Å²) >= 11 is 0. The second-order valence-electron chi connectivity index (χ2n) is 7.34. The number of rotatable bonds is 7. The molecule has 0 spiro atoms. The summed E-state index contributed by atoms with van der Waals surface area (Å²) in [6.45, 7) is 4.73. The molecule has 0 atom stereocenters. The number of benzene rings is 1. The van der Waals surface area contributed by atoms with Crippen LogP contribution in [0.4, 0.5) is 30.8 Å². The molecule has 0 aliphatic carbocycles. The number of allylic oxidation sites excluding steroid dienone is 1. The number of piperidine rings is 1.